The van der Waals surface area contributed by atoms with Gasteiger partial charge < -0.3 is 9.26 Å². The van der Waals surface area contributed by atoms with Gasteiger partial charge in [0.25, 0.3) is 0 Å². The molecule has 0 N–H and O–H groups in total. The van der Waals surface area contributed by atoms with Gasteiger partial charge in [0, 0.05) is 11.1 Å². The predicted molar refractivity (Wildman–Crippen MR) is 74.2 cm³/mol. The van der Waals surface area contributed by atoms with Gasteiger partial charge >= 0.3 is 0 Å². The maximum absolute atomic E-state index is 5.84. The number of benzene rings is 1. The van der Waals surface area contributed by atoms with Crippen molar-refractivity contribution in [2.45, 2.75) is 6.92 Å². The molecule has 0 saturated carbocycles. The molecular weight excluding hydrogens is 259 g/mol. The fourth-order valence-corrected chi connectivity index (χ4v) is 6.58. The minimum absolute atomic E-state index is 0.847. The standard InChI is InChI=1S/C11H13O2PS2/c1-9-7-8-16-14(15,13-9)11-5-3-10(12-2)4-6-11/h3-7H,8H2,1-2H3. The molecule has 0 saturated heterocycles. The summed E-state index contributed by atoms with van der Waals surface area (Å²) in [6.45, 7) is 1.96. The molecule has 0 aromatic heterocycles. The van der Waals surface area contributed by atoms with Crippen LogP contribution in [-0.4, -0.2) is 12.9 Å². The number of ether oxygens (including phenoxy) is 1. The van der Waals surface area contributed by atoms with E-state index < -0.39 is 5.47 Å². The number of methoxy groups -OCH3 is 1. The molecule has 1 aliphatic heterocycles. The second kappa shape index (κ2) is 4.82. The van der Waals surface area contributed by atoms with Crippen LogP contribution in [0.5, 0.6) is 5.75 Å². The van der Waals surface area contributed by atoms with Crippen LogP contribution in [0.2, 0.25) is 0 Å². The third kappa shape index (κ3) is 2.45. The normalized spacial score (nSPS) is 24.5. The second-order valence-electron chi connectivity index (χ2n) is 3.40. The van der Waals surface area contributed by atoms with Gasteiger partial charge in [-0.3, -0.25) is 0 Å². The zero-order valence-corrected chi connectivity index (χ0v) is 11.7. The van der Waals surface area contributed by atoms with Gasteiger partial charge in [-0.15, -0.1) is 0 Å². The average molecular weight is 272 g/mol. The number of hydrogen-bond acceptors (Lipinski definition) is 4. The molecule has 0 amide bonds. The number of allylic oxidation sites excluding steroid dienone is 1. The highest BCUT2D eigenvalue weighted by atomic mass is 32.9. The van der Waals surface area contributed by atoms with Crippen molar-refractivity contribution in [1.29, 1.82) is 0 Å². The first-order chi connectivity index (χ1) is 7.64. The fraction of sp³-hybridized carbons (Fsp3) is 0.273. The van der Waals surface area contributed by atoms with Gasteiger partial charge in [0.15, 0.2) is 5.47 Å². The van der Waals surface area contributed by atoms with Gasteiger partial charge in [-0.05, 0) is 49.1 Å². The Morgan fingerprint density at radius 1 is 1.38 bits per heavy atom. The molecule has 1 aromatic rings. The number of hydrogen-bond donors (Lipinski definition) is 0. The van der Waals surface area contributed by atoms with Crippen LogP contribution in [-0.2, 0) is 16.3 Å². The van der Waals surface area contributed by atoms with Crippen LogP contribution in [0, 0.1) is 0 Å². The summed E-state index contributed by atoms with van der Waals surface area (Å²) in [5.74, 6) is 2.73. The highest BCUT2D eigenvalue weighted by molar-refractivity contribution is 8.71. The number of rotatable bonds is 2. The molecule has 1 atom stereocenters. The molecule has 0 bridgehead atoms. The van der Waals surface area contributed by atoms with Crippen molar-refractivity contribution in [3.05, 3.63) is 36.1 Å². The summed E-state index contributed by atoms with van der Waals surface area (Å²) in [5, 5.41) is 1.10. The Hall–Kier alpha value is -0.440. The first-order valence-corrected chi connectivity index (χ1v) is 9.21. The molecule has 16 heavy (non-hydrogen) atoms. The van der Waals surface area contributed by atoms with Gasteiger partial charge in [-0.25, -0.2) is 0 Å². The predicted octanol–water partition coefficient (Wildman–Crippen LogP) is 3.30. The van der Waals surface area contributed by atoms with E-state index in [1.165, 1.54) is 0 Å². The molecule has 2 nitrogen and oxygen atoms in total. The maximum atomic E-state index is 5.84. The molecule has 86 valence electrons. The van der Waals surface area contributed by atoms with Crippen molar-refractivity contribution in [1.82, 2.24) is 0 Å². The Balaban J connectivity index is 2.29. The van der Waals surface area contributed by atoms with Crippen LogP contribution < -0.4 is 10.0 Å². The lowest BCUT2D eigenvalue weighted by molar-refractivity contribution is 0.415. The Morgan fingerprint density at radius 3 is 2.62 bits per heavy atom. The van der Waals surface area contributed by atoms with Crippen LogP contribution in [0.4, 0.5) is 0 Å². The molecule has 1 aliphatic rings. The molecule has 5 heteroatoms. The summed E-state index contributed by atoms with van der Waals surface area (Å²) >= 11 is 7.37. The summed E-state index contributed by atoms with van der Waals surface area (Å²) in [5.41, 5.74) is -1.93. The monoisotopic (exact) mass is 272 g/mol. The zero-order valence-electron chi connectivity index (χ0n) is 9.17. The van der Waals surface area contributed by atoms with Crippen molar-refractivity contribution < 1.29 is 9.26 Å². The van der Waals surface area contributed by atoms with Gasteiger partial charge in [0.2, 0.25) is 0 Å². The molecule has 0 fully saturated rings. The molecule has 2 rings (SSSR count). The zero-order chi connectivity index (χ0) is 11.6. The summed E-state index contributed by atoms with van der Waals surface area (Å²) in [4.78, 5) is 0. The van der Waals surface area contributed by atoms with Crippen molar-refractivity contribution in [3.8, 4) is 5.75 Å². The lowest BCUT2D eigenvalue weighted by Crippen LogP contribution is -2.07. The maximum Gasteiger partial charge on any atom is 0.196 e. The molecule has 0 aliphatic carbocycles. The topological polar surface area (TPSA) is 18.5 Å². The van der Waals surface area contributed by atoms with E-state index in [9.17, 15) is 0 Å². The first kappa shape index (κ1) is 12.0. The first-order valence-electron chi connectivity index (χ1n) is 4.89. The van der Waals surface area contributed by atoms with E-state index in [0.29, 0.717) is 0 Å². The highest BCUT2D eigenvalue weighted by Crippen LogP contribution is 2.62. The van der Waals surface area contributed by atoms with Gasteiger partial charge in [-0.2, -0.15) is 0 Å². The highest BCUT2D eigenvalue weighted by Gasteiger charge is 2.25. The Morgan fingerprint density at radius 2 is 2.06 bits per heavy atom. The van der Waals surface area contributed by atoms with Crippen LogP contribution in [0.3, 0.4) is 0 Å². The third-order valence-electron chi connectivity index (χ3n) is 2.27. The van der Waals surface area contributed by atoms with E-state index in [2.05, 4.69) is 6.08 Å². The molecule has 1 unspecified atom stereocenters. The molecule has 1 aromatic carbocycles. The minimum Gasteiger partial charge on any atom is -0.497 e. The lowest BCUT2D eigenvalue weighted by atomic mass is 10.3. The van der Waals surface area contributed by atoms with Crippen molar-refractivity contribution in [2.75, 3.05) is 12.9 Å². The fourth-order valence-electron chi connectivity index (χ4n) is 1.40. The summed E-state index contributed by atoms with van der Waals surface area (Å²) in [7, 11) is 1.66. The summed E-state index contributed by atoms with van der Waals surface area (Å²) < 4.78 is 11.0. The molecular formula is C11H13O2PS2. The lowest BCUT2D eigenvalue weighted by Gasteiger charge is -2.26. The molecule has 0 radical (unpaired) electrons. The van der Waals surface area contributed by atoms with Crippen LogP contribution in [0.15, 0.2) is 36.1 Å². The molecule has 0 spiro atoms. The smallest absolute Gasteiger partial charge is 0.196 e. The SMILES string of the molecule is COc1ccc(P2(=S)OC(C)=CCS2)cc1. The summed E-state index contributed by atoms with van der Waals surface area (Å²) in [6.07, 6.45) is 2.07. The average Bonchev–Trinajstić information content (AvgIpc) is 2.29. The van der Waals surface area contributed by atoms with Crippen molar-refractivity contribution in [3.63, 3.8) is 0 Å². The van der Waals surface area contributed by atoms with Gasteiger partial charge in [0.1, 0.15) is 5.75 Å². The second-order valence-corrected chi connectivity index (χ2v) is 10.2. The van der Waals surface area contributed by atoms with E-state index in [4.69, 9.17) is 21.1 Å². The quantitative estimate of drug-likeness (QED) is 0.769. The van der Waals surface area contributed by atoms with E-state index in [0.717, 1.165) is 22.6 Å². The largest absolute Gasteiger partial charge is 0.497 e. The summed E-state index contributed by atoms with van der Waals surface area (Å²) in [6, 6.07) is 7.87. The third-order valence-corrected chi connectivity index (χ3v) is 8.51. The van der Waals surface area contributed by atoms with Crippen LogP contribution >= 0.6 is 16.8 Å². The van der Waals surface area contributed by atoms with E-state index in [-0.39, 0.29) is 0 Å². The van der Waals surface area contributed by atoms with E-state index in [1.54, 1.807) is 18.5 Å². The Bertz CT molecular complexity index is 454. The van der Waals surface area contributed by atoms with Crippen LogP contribution in [0.25, 0.3) is 0 Å². The Kier molecular flexibility index (Phi) is 3.63. The van der Waals surface area contributed by atoms with Crippen molar-refractivity contribution in [2.24, 2.45) is 0 Å². The minimum atomic E-state index is -1.93. The van der Waals surface area contributed by atoms with Crippen LogP contribution in [0.1, 0.15) is 6.92 Å². The Labute approximate surface area is 105 Å². The van der Waals surface area contributed by atoms with E-state index >= 15 is 0 Å². The van der Waals surface area contributed by atoms with Gasteiger partial charge in [-0.1, -0.05) is 11.4 Å². The molecule has 1 heterocycles. The van der Waals surface area contributed by atoms with Gasteiger partial charge in [0.05, 0.1) is 12.9 Å². The van der Waals surface area contributed by atoms with Crippen molar-refractivity contribution >= 4 is 34.0 Å². The van der Waals surface area contributed by atoms with E-state index in [1.807, 2.05) is 31.2 Å².